The highest BCUT2D eigenvalue weighted by atomic mass is 16.5. The van der Waals surface area contributed by atoms with Crippen LogP contribution in [-0.2, 0) is 19.7 Å². The maximum absolute atomic E-state index is 5.89. The van der Waals surface area contributed by atoms with Crippen molar-refractivity contribution in [2.75, 3.05) is 13.1 Å². The Morgan fingerprint density at radius 2 is 1.71 bits per heavy atom. The molecule has 1 fully saturated rings. The number of benzene rings is 2. The topological polar surface area (TPSA) is 30.3 Å². The van der Waals surface area contributed by atoms with Crippen molar-refractivity contribution in [2.45, 2.75) is 39.5 Å². The molecule has 0 aliphatic carbocycles. The number of rotatable bonds is 7. The van der Waals surface area contributed by atoms with Gasteiger partial charge >= 0.3 is 0 Å². The second-order valence-corrected chi connectivity index (χ2v) is 7.76. The number of aryl methyl sites for hydroxylation is 1. The van der Waals surface area contributed by atoms with Gasteiger partial charge in [-0.15, -0.1) is 0 Å². The molecule has 0 saturated carbocycles. The van der Waals surface area contributed by atoms with Gasteiger partial charge in [-0.2, -0.15) is 0 Å². The second-order valence-electron chi connectivity index (χ2n) is 7.76. The summed E-state index contributed by atoms with van der Waals surface area (Å²) in [6.07, 6.45) is 6.52. The van der Waals surface area contributed by atoms with E-state index in [9.17, 15) is 0 Å². The first-order valence-corrected chi connectivity index (χ1v) is 10.2. The summed E-state index contributed by atoms with van der Waals surface area (Å²) in [4.78, 5) is 6.90. The quantitative estimate of drug-likeness (QED) is 0.600. The maximum Gasteiger partial charge on any atom is 0.119 e. The van der Waals surface area contributed by atoms with Crippen molar-refractivity contribution in [3.8, 4) is 5.75 Å². The number of hydrogen-bond acceptors (Lipinski definition) is 3. The summed E-state index contributed by atoms with van der Waals surface area (Å²) >= 11 is 0. The largest absolute Gasteiger partial charge is 0.489 e. The van der Waals surface area contributed by atoms with Gasteiger partial charge in [-0.05, 0) is 62.0 Å². The van der Waals surface area contributed by atoms with Crippen LogP contribution in [-0.4, -0.2) is 27.5 Å². The van der Waals surface area contributed by atoms with E-state index in [0.717, 1.165) is 30.6 Å². The van der Waals surface area contributed by atoms with Crippen LogP contribution in [0.25, 0.3) is 0 Å². The Bertz CT molecular complexity index is 849. The normalized spacial score (nSPS) is 15.6. The van der Waals surface area contributed by atoms with Gasteiger partial charge in [-0.1, -0.05) is 42.5 Å². The van der Waals surface area contributed by atoms with Gasteiger partial charge in [0.1, 0.15) is 18.2 Å². The minimum Gasteiger partial charge on any atom is -0.489 e. The van der Waals surface area contributed by atoms with Gasteiger partial charge in [0.05, 0.1) is 0 Å². The average molecular weight is 376 g/mol. The fraction of sp³-hybridized carbons (Fsp3) is 0.375. The summed E-state index contributed by atoms with van der Waals surface area (Å²) in [6.45, 7) is 7.17. The van der Waals surface area contributed by atoms with E-state index in [0.29, 0.717) is 6.61 Å². The van der Waals surface area contributed by atoms with Crippen molar-refractivity contribution in [2.24, 2.45) is 5.92 Å². The van der Waals surface area contributed by atoms with Gasteiger partial charge in [0, 0.05) is 25.5 Å². The van der Waals surface area contributed by atoms with Gasteiger partial charge in [-0.25, -0.2) is 4.98 Å². The van der Waals surface area contributed by atoms with Crippen molar-refractivity contribution in [1.82, 2.24) is 14.5 Å². The number of ether oxygens (including phenoxy) is 1. The van der Waals surface area contributed by atoms with Crippen molar-refractivity contribution >= 4 is 0 Å². The van der Waals surface area contributed by atoms with Gasteiger partial charge < -0.3 is 9.30 Å². The molecular weight excluding hydrogens is 346 g/mol. The molecule has 4 nitrogen and oxygen atoms in total. The minimum absolute atomic E-state index is 0.615. The van der Waals surface area contributed by atoms with E-state index >= 15 is 0 Å². The smallest absolute Gasteiger partial charge is 0.119 e. The third kappa shape index (κ3) is 5.02. The van der Waals surface area contributed by atoms with Crippen molar-refractivity contribution in [3.05, 3.63) is 83.9 Å². The molecular formula is C24H29N3O. The molecule has 0 amide bonds. The lowest BCUT2D eigenvalue weighted by molar-refractivity contribution is 0.166. The number of hydrogen-bond donors (Lipinski definition) is 0. The third-order valence-corrected chi connectivity index (χ3v) is 5.66. The molecule has 1 aromatic heterocycles. The molecule has 0 bridgehead atoms. The lowest BCUT2D eigenvalue weighted by Crippen LogP contribution is -2.34. The molecule has 3 aromatic rings. The third-order valence-electron chi connectivity index (χ3n) is 5.66. The molecule has 0 unspecified atom stereocenters. The Kier molecular flexibility index (Phi) is 6.07. The van der Waals surface area contributed by atoms with Gasteiger partial charge in [0.15, 0.2) is 0 Å². The zero-order chi connectivity index (χ0) is 19.2. The van der Waals surface area contributed by atoms with Crippen LogP contribution in [0.4, 0.5) is 0 Å². The summed E-state index contributed by atoms with van der Waals surface area (Å²) in [5.41, 5.74) is 2.55. The molecule has 1 saturated heterocycles. The van der Waals surface area contributed by atoms with Crippen LogP contribution < -0.4 is 4.74 Å². The van der Waals surface area contributed by atoms with E-state index in [-0.39, 0.29) is 0 Å². The lowest BCUT2D eigenvalue weighted by atomic mass is 9.96. The molecule has 28 heavy (non-hydrogen) atoms. The Morgan fingerprint density at radius 3 is 2.39 bits per heavy atom. The Labute approximate surface area is 167 Å². The van der Waals surface area contributed by atoms with Gasteiger partial charge in [-0.3, -0.25) is 4.90 Å². The van der Waals surface area contributed by atoms with Crippen molar-refractivity contribution in [1.29, 1.82) is 0 Å². The maximum atomic E-state index is 5.89. The van der Waals surface area contributed by atoms with Gasteiger partial charge in [0.25, 0.3) is 0 Å². The number of likely N-dealkylation sites (tertiary alicyclic amines) is 1. The van der Waals surface area contributed by atoms with Crippen LogP contribution in [0.15, 0.2) is 67.0 Å². The summed E-state index contributed by atoms with van der Waals surface area (Å²) < 4.78 is 8.18. The first kappa shape index (κ1) is 18.8. The van der Waals surface area contributed by atoms with Crippen LogP contribution in [0.1, 0.15) is 29.8 Å². The van der Waals surface area contributed by atoms with Crippen molar-refractivity contribution in [3.63, 3.8) is 0 Å². The number of imidazole rings is 1. The molecule has 1 aliphatic rings. The Balaban J connectivity index is 1.22. The predicted octanol–water partition coefficient (Wildman–Crippen LogP) is 4.68. The molecule has 1 aliphatic heterocycles. The fourth-order valence-corrected chi connectivity index (χ4v) is 3.89. The average Bonchev–Trinajstić information content (AvgIpc) is 3.14. The molecule has 2 heterocycles. The Morgan fingerprint density at radius 1 is 0.964 bits per heavy atom. The van der Waals surface area contributed by atoms with E-state index in [4.69, 9.17) is 4.74 Å². The standard InChI is InChI=1S/C24H29N3O/c1-20-25-13-16-27(20)18-22-11-14-26(15-12-22)17-21-7-9-24(10-8-21)28-19-23-5-3-2-4-6-23/h2-10,13,16,22H,11-12,14-15,17-19H2,1H3. The molecule has 4 heteroatoms. The zero-order valence-corrected chi connectivity index (χ0v) is 16.6. The van der Waals surface area contributed by atoms with Crippen LogP contribution in [0.2, 0.25) is 0 Å². The van der Waals surface area contributed by atoms with Crippen molar-refractivity contribution < 1.29 is 4.74 Å². The van der Waals surface area contributed by atoms with Crippen LogP contribution in [0.5, 0.6) is 5.75 Å². The SMILES string of the molecule is Cc1nccn1CC1CCN(Cc2ccc(OCc3ccccc3)cc2)CC1. The van der Waals surface area contributed by atoms with E-state index in [1.807, 2.05) is 24.4 Å². The molecule has 4 rings (SSSR count). The molecule has 2 aromatic carbocycles. The highest BCUT2D eigenvalue weighted by Crippen LogP contribution is 2.22. The fourth-order valence-electron chi connectivity index (χ4n) is 3.89. The first-order valence-electron chi connectivity index (χ1n) is 10.2. The lowest BCUT2D eigenvalue weighted by Gasteiger charge is -2.32. The van der Waals surface area contributed by atoms with E-state index in [2.05, 4.69) is 64.0 Å². The number of piperidine rings is 1. The molecule has 0 N–H and O–H groups in total. The second kappa shape index (κ2) is 9.07. The molecule has 0 radical (unpaired) electrons. The highest BCUT2D eigenvalue weighted by molar-refractivity contribution is 5.27. The summed E-state index contributed by atoms with van der Waals surface area (Å²) in [5, 5.41) is 0. The minimum atomic E-state index is 0.615. The zero-order valence-electron chi connectivity index (χ0n) is 16.6. The van der Waals surface area contributed by atoms with E-state index in [1.54, 1.807) is 0 Å². The highest BCUT2D eigenvalue weighted by Gasteiger charge is 2.20. The van der Waals surface area contributed by atoms with Crippen LogP contribution in [0.3, 0.4) is 0 Å². The Hall–Kier alpha value is -2.59. The van der Waals surface area contributed by atoms with Gasteiger partial charge in [0.2, 0.25) is 0 Å². The van der Waals surface area contributed by atoms with Crippen LogP contribution in [0, 0.1) is 12.8 Å². The molecule has 0 spiro atoms. The van der Waals surface area contributed by atoms with E-state index < -0.39 is 0 Å². The summed E-state index contributed by atoms with van der Waals surface area (Å²) in [7, 11) is 0. The summed E-state index contributed by atoms with van der Waals surface area (Å²) in [5.74, 6) is 2.82. The molecule has 146 valence electrons. The first-order chi connectivity index (χ1) is 13.8. The molecule has 0 atom stereocenters. The predicted molar refractivity (Wildman–Crippen MR) is 112 cm³/mol. The number of nitrogens with zero attached hydrogens (tertiary/aromatic N) is 3. The van der Waals surface area contributed by atoms with E-state index in [1.165, 1.54) is 37.1 Å². The number of aromatic nitrogens is 2. The monoisotopic (exact) mass is 375 g/mol. The summed E-state index contributed by atoms with van der Waals surface area (Å²) in [6, 6.07) is 18.9. The van der Waals surface area contributed by atoms with Crippen LogP contribution >= 0.6 is 0 Å².